The van der Waals surface area contributed by atoms with Crippen LogP contribution in [-0.4, -0.2) is 38.3 Å². The number of nitrogens with one attached hydrogen (secondary N) is 2. The molecule has 1 atom stereocenters. The van der Waals surface area contributed by atoms with Gasteiger partial charge in [-0.25, -0.2) is 0 Å². The molecule has 0 saturated heterocycles. The first-order chi connectivity index (χ1) is 9.17. The fourth-order valence-corrected chi connectivity index (χ4v) is 2.75. The van der Waals surface area contributed by atoms with Crippen LogP contribution in [0.5, 0.6) is 0 Å². The number of hydrogen-bond acceptors (Lipinski definition) is 3. The zero-order valence-electron chi connectivity index (χ0n) is 12.7. The predicted molar refractivity (Wildman–Crippen MR) is 78.1 cm³/mol. The number of hydrogen-bond donors (Lipinski definition) is 2. The first-order valence-electron chi connectivity index (χ1n) is 7.70. The number of rotatable bonds is 8. The van der Waals surface area contributed by atoms with Crippen LogP contribution in [0, 0.1) is 5.92 Å². The van der Waals surface area contributed by atoms with Gasteiger partial charge < -0.3 is 15.4 Å². The molecule has 0 heterocycles. The van der Waals surface area contributed by atoms with E-state index in [9.17, 15) is 4.79 Å². The van der Waals surface area contributed by atoms with E-state index < -0.39 is 0 Å². The van der Waals surface area contributed by atoms with Crippen LogP contribution in [0.2, 0.25) is 0 Å². The van der Waals surface area contributed by atoms with Gasteiger partial charge in [0.15, 0.2) is 0 Å². The van der Waals surface area contributed by atoms with Gasteiger partial charge in [0.25, 0.3) is 0 Å². The highest BCUT2D eigenvalue weighted by molar-refractivity contribution is 5.81. The molecule has 0 aromatic carbocycles. The van der Waals surface area contributed by atoms with E-state index in [0.29, 0.717) is 19.2 Å². The van der Waals surface area contributed by atoms with E-state index >= 15 is 0 Å². The Morgan fingerprint density at radius 2 is 2.00 bits per heavy atom. The van der Waals surface area contributed by atoms with Crippen molar-refractivity contribution in [1.82, 2.24) is 10.6 Å². The fraction of sp³-hybridized carbons (Fsp3) is 0.933. The molecule has 1 aliphatic rings. The van der Waals surface area contributed by atoms with Crippen LogP contribution < -0.4 is 10.6 Å². The number of carbonyl (C=O) groups excluding carboxylic acids is 1. The highest BCUT2D eigenvalue weighted by atomic mass is 16.5. The van der Waals surface area contributed by atoms with Gasteiger partial charge in [-0.1, -0.05) is 13.3 Å². The third-order valence-electron chi connectivity index (χ3n) is 4.13. The average molecular weight is 270 g/mol. The zero-order valence-corrected chi connectivity index (χ0v) is 12.7. The number of ether oxygens (including phenoxy) is 1. The van der Waals surface area contributed by atoms with Gasteiger partial charge in [0.2, 0.25) is 5.91 Å². The van der Waals surface area contributed by atoms with Gasteiger partial charge in [-0.2, -0.15) is 0 Å². The predicted octanol–water partition coefficient (Wildman–Crippen LogP) is 2.09. The highest BCUT2D eigenvalue weighted by Crippen LogP contribution is 2.26. The van der Waals surface area contributed by atoms with E-state index in [1.165, 1.54) is 32.1 Å². The van der Waals surface area contributed by atoms with E-state index in [0.717, 1.165) is 12.3 Å². The molecule has 112 valence electrons. The maximum Gasteiger partial charge on any atom is 0.236 e. The van der Waals surface area contributed by atoms with Crippen molar-refractivity contribution >= 4 is 5.91 Å². The zero-order chi connectivity index (χ0) is 14.1. The van der Waals surface area contributed by atoms with E-state index in [2.05, 4.69) is 17.6 Å². The molecule has 1 amide bonds. The second-order valence-corrected chi connectivity index (χ2v) is 5.65. The molecule has 1 unspecified atom stereocenters. The van der Waals surface area contributed by atoms with Crippen molar-refractivity contribution in [1.29, 1.82) is 0 Å². The second kappa shape index (κ2) is 9.32. The molecular weight excluding hydrogens is 240 g/mol. The Kier molecular flexibility index (Phi) is 8.07. The van der Waals surface area contributed by atoms with Crippen LogP contribution in [0.3, 0.4) is 0 Å². The smallest absolute Gasteiger partial charge is 0.236 e. The highest BCUT2D eigenvalue weighted by Gasteiger charge is 2.23. The Labute approximate surface area is 117 Å². The first kappa shape index (κ1) is 16.4. The van der Waals surface area contributed by atoms with Crippen molar-refractivity contribution in [2.24, 2.45) is 5.92 Å². The molecular formula is C15H30N2O2. The lowest BCUT2D eigenvalue weighted by atomic mass is 9.84. The topological polar surface area (TPSA) is 50.4 Å². The molecule has 0 spiro atoms. The minimum Gasteiger partial charge on any atom is -0.385 e. The Bertz CT molecular complexity index is 251. The Morgan fingerprint density at radius 3 is 2.58 bits per heavy atom. The molecule has 19 heavy (non-hydrogen) atoms. The van der Waals surface area contributed by atoms with Crippen LogP contribution in [0.15, 0.2) is 0 Å². The van der Waals surface area contributed by atoms with E-state index in [4.69, 9.17) is 4.74 Å². The largest absolute Gasteiger partial charge is 0.385 e. The van der Waals surface area contributed by atoms with Gasteiger partial charge >= 0.3 is 0 Å². The molecule has 1 saturated carbocycles. The Hall–Kier alpha value is -0.610. The molecule has 0 radical (unpaired) electrons. The lowest BCUT2D eigenvalue weighted by Crippen LogP contribution is -2.47. The van der Waals surface area contributed by atoms with Crippen LogP contribution in [0.4, 0.5) is 0 Å². The Morgan fingerprint density at radius 1 is 1.32 bits per heavy atom. The van der Waals surface area contributed by atoms with E-state index in [1.54, 1.807) is 7.11 Å². The summed E-state index contributed by atoms with van der Waals surface area (Å²) in [5.41, 5.74) is 0. The SMILES string of the molecule is CCC1CCC(NC(C)C(=O)NCCCOC)CC1. The molecule has 1 fully saturated rings. The monoisotopic (exact) mass is 270 g/mol. The molecule has 0 aliphatic heterocycles. The molecule has 1 rings (SSSR count). The summed E-state index contributed by atoms with van der Waals surface area (Å²) in [5, 5.41) is 6.41. The van der Waals surface area contributed by atoms with Crippen molar-refractivity contribution in [2.75, 3.05) is 20.3 Å². The minimum absolute atomic E-state index is 0.0919. The average Bonchev–Trinajstić information content (AvgIpc) is 2.44. The summed E-state index contributed by atoms with van der Waals surface area (Å²) in [4.78, 5) is 11.9. The Balaban J connectivity index is 2.15. The quantitative estimate of drug-likeness (QED) is 0.664. The van der Waals surface area contributed by atoms with Crippen molar-refractivity contribution in [3.8, 4) is 0 Å². The molecule has 0 bridgehead atoms. The summed E-state index contributed by atoms with van der Waals surface area (Å²) >= 11 is 0. The number of methoxy groups -OCH3 is 1. The summed E-state index contributed by atoms with van der Waals surface area (Å²) in [7, 11) is 1.68. The summed E-state index contributed by atoms with van der Waals surface area (Å²) in [6.45, 7) is 5.62. The molecule has 0 aromatic heterocycles. The summed E-state index contributed by atoms with van der Waals surface area (Å²) in [6, 6.07) is 0.424. The third kappa shape index (κ3) is 6.39. The van der Waals surface area contributed by atoms with Gasteiger partial charge in [0.05, 0.1) is 6.04 Å². The van der Waals surface area contributed by atoms with E-state index in [1.807, 2.05) is 6.92 Å². The molecule has 4 heteroatoms. The molecule has 1 aliphatic carbocycles. The van der Waals surface area contributed by atoms with Gasteiger partial charge in [-0.05, 0) is 44.9 Å². The normalized spacial score (nSPS) is 25.0. The maximum absolute atomic E-state index is 11.9. The van der Waals surface area contributed by atoms with Crippen molar-refractivity contribution in [3.05, 3.63) is 0 Å². The lowest BCUT2D eigenvalue weighted by Gasteiger charge is -2.30. The second-order valence-electron chi connectivity index (χ2n) is 5.65. The molecule has 4 nitrogen and oxygen atoms in total. The molecule has 2 N–H and O–H groups in total. The van der Waals surface area contributed by atoms with Crippen molar-refractivity contribution in [3.63, 3.8) is 0 Å². The van der Waals surface area contributed by atoms with Crippen molar-refractivity contribution in [2.45, 2.75) is 64.5 Å². The standard InChI is InChI=1S/C15H30N2O2/c1-4-13-6-8-14(9-7-13)17-12(2)15(18)16-10-5-11-19-3/h12-14,17H,4-11H2,1-3H3,(H,16,18). The van der Waals surface area contributed by atoms with Gasteiger partial charge in [0.1, 0.15) is 0 Å². The van der Waals surface area contributed by atoms with Crippen LogP contribution in [0.1, 0.15) is 52.4 Å². The number of amides is 1. The van der Waals surface area contributed by atoms with Gasteiger partial charge in [-0.3, -0.25) is 4.79 Å². The third-order valence-corrected chi connectivity index (χ3v) is 4.13. The number of carbonyl (C=O) groups is 1. The van der Waals surface area contributed by atoms with Gasteiger partial charge in [0, 0.05) is 26.3 Å². The van der Waals surface area contributed by atoms with E-state index in [-0.39, 0.29) is 11.9 Å². The van der Waals surface area contributed by atoms with Crippen LogP contribution in [0.25, 0.3) is 0 Å². The fourth-order valence-electron chi connectivity index (χ4n) is 2.75. The summed E-state index contributed by atoms with van der Waals surface area (Å²) in [6.07, 6.45) is 7.19. The van der Waals surface area contributed by atoms with Crippen LogP contribution in [-0.2, 0) is 9.53 Å². The molecule has 0 aromatic rings. The first-order valence-corrected chi connectivity index (χ1v) is 7.70. The summed E-state index contributed by atoms with van der Waals surface area (Å²) < 4.78 is 4.96. The van der Waals surface area contributed by atoms with Crippen LogP contribution >= 0.6 is 0 Å². The van der Waals surface area contributed by atoms with Crippen molar-refractivity contribution < 1.29 is 9.53 Å². The summed E-state index contributed by atoms with van der Waals surface area (Å²) in [5.74, 6) is 1.00. The maximum atomic E-state index is 11.9. The lowest BCUT2D eigenvalue weighted by molar-refractivity contribution is -0.123. The van der Waals surface area contributed by atoms with Gasteiger partial charge in [-0.15, -0.1) is 0 Å². The minimum atomic E-state index is -0.0919.